The summed E-state index contributed by atoms with van der Waals surface area (Å²) in [6.07, 6.45) is 0.294. The minimum absolute atomic E-state index is 0.271. The lowest BCUT2D eigenvalue weighted by Crippen LogP contribution is -2.44. The lowest BCUT2D eigenvalue weighted by atomic mass is 9.95. The number of rotatable bonds is 4. The largest absolute Gasteiger partial charge is 0.508 e. The van der Waals surface area contributed by atoms with Gasteiger partial charge in [-0.05, 0) is 49.1 Å². The van der Waals surface area contributed by atoms with Gasteiger partial charge in [-0.25, -0.2) is 0 Å². The summed E-state index contributed by atoms with van der Waals surface area (Å²) in [5.41, 5.74) is 2.89. The average Bonchev–Trinajstić information content (AvgIpc) is 2.36. The van der Waals surface area contributed by atoms with E-state index in [1.54, 1.807) is 12.1 Å². The lowest BCUT2D eigenvalue weighted by molar-refractivity contribution is 0.135. The Hall–Kier alpha value is -1.10. The molecule has 2 rings (SSSR count). The van der Waals surface area contributed by atoms with Crippen LogP contribution in [-0.2, 0) is 0 Å². The first kappa shape index (κ1) is 14.3. The van der Waals surface area contributed by atoms with Gasteiger partial charge >= 0.3 is 0 Å². The Bertz CT molecular complexity index is 405. The second-order valence-electron chi connectivity index (χ2n) is 5.39. The summed E-state index contributed by atoms with van der Waals surface area (Å²) >= 11 is 0. The fourth-order valence-electron chi connectivity index (χ4n) is 2.86. The molecular formula is C15H24N2O2. The molecule has 1 aromatic carbocycles. The van der Waals surface area contributed by atoms with Gasteiger partial charge < -0.3 is 20.4 Å². The van der Waals surface area contributed by atoms with Crippen molar-refractivity contribution in [3.05, 3.63) is 28.8 Å². The van der Waals surface area contributed by atoms with E-state index >= 15 is 0 Å². The number of aryl methyl sites for hydroxylation is 2. The predicted molar refractivity (Wildman–Crippen MR) is 76.5 cm³/mol. The lowest BCUT2D eigenvalue weighted by Gasteiger charge is -2.28. The first-order valence-electron chi connectivity index (χ1n) is 6.99. The molecule has 3 N–H and O–H groups in total. The number of phenolic OH excluding ortho intramolecular Hbond substituents is 1. The Morgan fingerprint density at radius 3 is 2.37 bits per heavy atom. The quantitative estimate of drug-likeness (QED) is 0.768. The van der Waals surface area contributed by atoms with Crippen LogP contribution in [0.5, 0.6) is 5.75 Å². The Morgan fingerprint density at radius 1 is 1.21 bits per heavy atom. The monoisotopic (exact) mass is 264 g/mol. The Morgan fingerprint density at radius 2 is 1.79 bits per heavy atom. The molecule has 1 atom stereocenters. The Labute approximate surface area is 115 Å². The number of nitrogens with zero attached hydrogens (tertiary/aromatic N) is 1. The van der Waals surface area contributed by atoms with Crippen LogP contribution in [0.15, 0.2) is 12.1 Å². The molecule has 0 spiro atoms. The second-order valence-corrected chi connectivity index (χ2v) is 5.39. The Kier molecular flexibility index (Phi) is 4.80. The van der Waals surface area contributed by atoms with Crippen LogP contribution in [0.2, 0.25) is 0 Å². The number of benzene rings is 1. The number of piperazine rings is 1. The number of phenols is 1. The van der Waals surface area contributed by atoms with Crippen LogP contribution in [-0.4, -0.2) is 47.8 Å². The summed E-state index contributed by atoms with van der Waals surface area (Å²) in [4.78, 5) is 2.38. The van der Waals surface area contributed by atoms with Gasteiger partial charge in [-0.15, -0.1) is 0 Å². The molecule has 0 bridgehead atoms. The fourth-order valence-corrected chi connectivity index (χ4v) is 2.86. The molecule has 1 aliphatic heterocycles. The van der Waals surface area contributed by atoms with E-state index in [1.165, 1.54) is 0 Å². The fraction of sp³-hybridized carbons (Fsp3) is 0.600. The molecule has 1 aliphatic rings. The molecule has 4 heteroatoms. The number of hydrogen-bond donors (Lipinski definition) is 3. The summed E-state index contributed by atoms with van der Waals surface area (Å²) in [6, 6.07) is 3.44. The first-order chi connectivity index (χ1) is 9.08. The molecule has 1 unspecified atom stereocenters. The zero-order valence-corrected chi connectivity index (χ0v) is 11.8. The molecule has 19 heavy (non-hydrogen) atoms. The Balaban J connectivity index is 1.97. The van der Waals surface area contributed by atoms with E-state index in [0.29, 0.717) is 0 Å². The summed E-state index contributed by atoms with van der Waals surface area (Å²) in [5, 5.41) is 23.2. The standard InChI is InChI=1S/C15H24N2O2/c1-11-9-13(18)10-12(2)15(11)14(19)3-6-17-7-4-16-5-8-17/h9-10,14,16,18-19H,3-8H2,1-2H3. The van der Waals surface area contributed by atoms with Crippen molar-refractivity contribution >= 4 is 0 Å². The van der Waals surface area contributed by atoms with Crippen molar-refractivity contribution in [2.75, 3.05) is 32.7 Å². The van der Waals surface area contributed by atoms with Gasteiger partial charge in [0, 0.05) is 32.7 Å². The summed E-state index contributed by atoms with van der Waals surface area (Å²) in [7, 11) is 0. The SMILES string of the molecule is Cc1cc(O)cc(C)c1C(O)CCN1CCNCC1. The number of aromatic hydroxyl groups is 1. The number of nitrogens with one attached hydrogen (secondary N) is 1. The third-order valence-electron chi connectivity index (χ3n) is 3.84. The molecule has 0 radical (unpaired) electrons. The molecule has 1 fully saturated rings. The van der Waals surface area contributed by atoms with Crippen molar-refractivity contribution < 1.29 is 10.2 Å². The smallest absolute Gasteiger partial charge is 0.116 e. The van der Waals surface area contributed by atoms with Crippen molar-refractivity contribution in [1.82, 2.24) is 10.2 Å². The third-order valence-corrected chi connectivity index (χ3v) is 3.84. The van der Waals surface area contributed by atoms with Gasteiger partial charge in [0.25, 0.3) is 0 Å². The van der Waals surface area contributed by atoms with Crippen molar-refractivity contribution in [3.63, 3.8) is 0 Å². The van der Waals surface area contributed by atoms with Crippen LogP contribution >= 0.6 is 0 Å². The summed E-state index contributed by atoms with van der Waals surface area (Å²) in [6.45, 7) is 8.98. The molecule has 0 aliphatic carbocycles. The predicted octanol–water partition coefficient (Wildman–Crippen LogP) is 1.34. The molecule has 1 heterocycles. The first-order valence-corrected chi connectivity index (χ1v) is 6.99. The maximum absolute atomic E-state index is 10.4. The van der Waals surface area contributed by atoms with Crippen LogP contribution < -0.4 is 5.32 Å². The second kappa shape index (κ2) is 6.37. The zero-order chi connectivity index (χ0) is 13.8. The van der Waals surface area contributed by atoms with Crippen LogP contribution in [0.4, 0.5) is 0 Å². The maximum atomic E-state index is 10.4. The topological polar surface area (TPSA) is 55.7 Å². The molecule has 0 aromatic heterocycles. The van der Waals surface area contributed by atoms with Crippen molar-refractivity contribution in [2.45, 2.75) is 26.4 Å². The zero-order valence-electron chi connectivity index (χ0n) is 11.8. The molecule has 106 valence electrons. The maximum Gasteiger partial charge on any atom is 0.116 e. The number of aliphatic hydroxyl groups excluding tert-OH is 1. The van der Waals surface area contributed by atoms with Crippen molar-refractivity contribution in [2.24, 2.45) is 0 Å². The van der Waals surface area contributed by atoms with Gasteiger partial charge in [-0.3, -0.25) is 0 Å². The van der Waals surface area contributed by atoms with E-state index in [-0.39, 0.29) is 5.75 Å². The minimum Gasteiger partial charge on any atom is -0.508 e. The highest BCUT2D eigenvalue weighted by Gasteiger charge is 2.16. The summed E-state index contributed by atoms with van der Waals surface area (Å²) in [5.74, 6) is 0.271. The van der Waals surface area contributed by atoms with Gasteiger partial charge in [0.2, 0.25) is 0 Å². The van der Waals surface area contributed by atoms with Crippen LogP contribution in [0.1, 0.15) is 29.2 Å². The molecule has 1 saturated heterocycles. The highest BCUT2D eigenvalue weighted by Crippen LogP contribution is 2.28. The van der Waals surface area contributed by atoms with Crippen molar-refractivity contribution in [1.29, 1.82) is 0 Å². The number of aliphatic hydroxyl groups is 1. The van der Waals surface area contributed by atoms with Crippen molar-refractivity contribution in [3.8, 4) is 5.75 Å². The van der Waals surface area contributed by atoms with E-state index in [2.05, 4.69) is 10.2 Å². The van der Waals surface area contributed by atoms with E-state index in [4.69, 9.17) is 0 Å². The van der Waals surface area contributed by atoms with Gasteiger partial charge in [-0.1, -0.05) is 0 Å². The third kappa shape index (κ3) is 3.69. The van der Waals surface area contributed by atoms with Crippen LogP contribution in [0, 0.1) is 13.8 Å². The van der Waals surface area contributed by atoms with Gasteiger partial charge in [0.05, 0.1) is 6.10 Å². The van der Waals surface area contributed by atoms with E-state index in [9.17, 15) is 10.2 Å². The minimum atomic E-state index is -0.449. The van der Waals surface area contributed by atoms with E-state index in [1.807, 2.05) is 13.8 Å². The summed E-state index contributed by atoms with van der Waals surface area (Å²) < 4.78 is 0. The van der Waals surface area contributed by atoms with Gasteiger partial charge in [-0.2, -0.15) is 0 Å². The normalized spacial score (nSPS) is 18.5. The molecular weight excluding hydrogens is 240 g/mol. The highest BCUT2D eigenvalue weighted by molar-refractivity contribution is 5.41. The van der Waals surface area contributed by atoms with E-state index < -0.39 is 6.10 Å². The molecule has 1 aromatic rings. The average molecular weight is 264 g/mol. The van der Waals surface area contributed by atoms with Crippen LogP contribution in [0.3, 0.4) is 0 Å². The molecule has 4 nitrogen and oxygen atoms in total. The van der Waals surface area contributed by atoms with Crippen LogP contribution in [0.25, 0.3) is 0 Å². The number of hydrogen-bond acceptors (Lipinski definition) is 4. The molecule has 0 saturated carbocycles. The van der Waals surface area contributed by atoms with E-state index in [0.717, 1.165) is 55.8 Å². The van der Waals surface area contributed by atoms with Gasteiger partial charge in [0.1, 0.15) is 5.75 Å². The van der Waals surface area contributed by atoms with Gasteiger partial charge in [0.15, 0.2) is 0 Å². The highest BCUT2D eigenvalue weighted by atomic mass is 16.3. The molecule has 0 amide bonds.